The summed E-state index contributed by atoms with van der Waals surface area (Å²) in [6.45, 7) is 4.88. The van der Waals surface area contributed by atoms with E-state index in [0.29, 0.717) is 22.0 Å². The molecule has 0 spiro atoms. The molecule has 0 amide bonds. The van der Waals surface area contributed by atoms with Crippen molar-refractivity contribution in [2.75, 3.05) is 26.3 Å². The monoisotopic (exact) mass is 551 g/mol. The molecule has 1 saturated heterocycles. The van der Waals surface area contributed by atoms with E-state index in [1.807, 2.05) is 24.3 Å². The van der Waals surface area contributed by atoms with Crippen LogP contribution in [0.3, 0.4) is 0 Å². The molecule has 1 aliphatic heterocycles. The Labute approximate surface area is 233 Å². The first kappa shape index (κ1) is 26.9. The summed E-state index contributed by atoms with van der Waals surface area (Å²) in [4.78, 5) is 14.0. The maximum Gasteiger partial charge on any atom is 0.335 e. The van der Waals surface area contributed by atoms with E-state index in [2.05, 4.69) is 36.1 Å². The van der Waals surface area contributed by atoms with Gasteiger partial charge in [0.05, 0.1) is 12.2 Å². The van der Waals surface area contributed by atoms with Gasteiger partial charge in [0.25, 0.3) is 0 Å². The minimum Gasteiger partial charge on any atom is -0.478 e. The number of hydrogen-bond acceptors (Lipinski definition) is 2. The van der Waals surface area contributed by atoms with E-state index in [-0.39, 0.29) is 12.1 Å². The SMILES string of the molecule is CC1(Cc2ccc(C3=C(c4ccc(Cl)cc4Cl)CCCc4cc(C(=O)O)ccc43)cc2)CN(CCCF)C1. The lowest BCUT2D eigenvalue weighted by Crippen LogP contribution is -2.55. The van der Waals surface area contributed by atoms with Crippen LogP contribution in [0.1, 0.15) is 64.4 Å². The number of alkyl halides is 1. The molecule has 0 radical (unpaired) electrons. The van der Waals surface area contributed by atoms with Crippen LogP contribution in [0.4, 0.5) is 4.39 Å². The number of allylic oxidation sites excluding steroid dienone is 1. The molecule has 0 aromatic heterocycles. The Morgan fingerprint density at radius 3 is 2.42 bits per heavy atom. The molecule has 1 aliphatic carbocycles. The number of nitrogens with zero attached hydrogens (tertiary/aromatic N) is 1. The van der Waals surface area contributed by atoms with Gasteiger partial charge in [-0.15, -0.1) is 0 Å². The third-order valence-electron chi connectivity index (χ3n) is 7.74. The normalized spacial score (nSPS) is 17.1. The standard InChI is InChI=1S/C32H32Cl2FNO2/c1-32(19-36(20-32)15-3-14-35)18-21-6-8-22(9-7-21)30-26-12-10-24(31(37)38)16-23(26)4-2-5-28(30)27-13-11-25(33)17-29(27)34/h6-13,16-17H,2-5,14-15,18-20H2,1H3,(H,37,38). The predicted molar refractivity (Wildman–Crippen MR) is 154 cm³/mol. The summed E-state index contributed by atoms with van der Waals surface area (Å²) >= 11 is 12.9. The molecule has 0 bridgehead atoms. The van der Waals surface area contributed by atoms with Crippen LogP contribution in [0, 0.1) is 5.41 Å². The zero-order valence-electron chi connectivity index (χ0n) is 21.6. The van der Waals surface area contributed by atoms with Crippen LogP contribution in [0.25, 0.3) is 11.1 Å². The van der Waals surface area contributed by atoms with Crippen molar-refractivity contribution < 1.29 is 14.3 Å². The van der Waals surface area contributed by atoms with Gasteiger partial charge in [-0.3, -0.25) is 4.39 Å². The first-order valence-corrected chi connectivity index (χ1v) is 13.9. The molecular formula is C32H32Cl2FNO2. The molecule has 6 heteroatoms. The fourth-order valence-corrected chi connectivity index (χ4v) is 6.65. The highest BCUT2D eigenvalue weighted by molar-refractivity contribution is 6.36. The van der Waals surface area contributed by atoms with Gasteiger partial charge >= 0.3 is 5.97 Å². The van der Waals surface area contributed by atoms with Gasteiger partial charge in [0.2, 0.25) is 0 Å². The van der Waals surface area contributed by atoms with Gasteiger partial charge in [-0.2, -0.15) is 0 Å². The van der Waals surface area contributed by atoms with Crippen molar-refractivity contribution in [3.8, 4) is 0 Å². The number of rotatable bonds is 8. The Balaban J connectivity index is 1.52. The molecule has 3 aromatic carbocycles. The average Bonchev–Trinajstić information content (AvgIpc) is 3.05. The number of carboxylic acid groups (broad SMARTS) is 1. The molecule has 1 fully saturated rings. The molecule has 198 valence electrons. The number of benzene rings is 3. The number of likely N-dealkylation sites (tertiary alicyclic amines) is 1. The molecule has 0 atom stereocenters. The van der Waals surface area contributed by atoms with Crippen LogP contribution in [0.2, 0.25) is 10.0 Å². The molecule has 1 N–H and O–H groups in total. The first-order valence-electron chi connectivity index (χ1n) is 13.2. The van der Waals surface area contributed by atoms with Gasteiger partial charge in [-0.05, 0) is 101 Å². The maximum atomic E-state index is 12.5. The van der Waals surface area contributed by atoms with Crippen LogP contribution in [0.15, 0.2) is 60.7 Å². The fourth-order valence-electron chi connectivity index (χ4n) is 6.12. The minimum absolute atomic E-state index is 0.210. The smallest absolute Gasteiger partial charge is 0.335 e. The van der Waals surface area contributed by atoms with Crippen molar-refractivity contribution in [1.29, 1.82) is 0 Å². The highest BCUT2D eigenvalue weighted by Crippen LogP contribution is 2.43. The molecule has 0 saturated carbocycles. The lowest BCUT2D eigenvalue weighted by atomic mass is 9.76. The Morgan fingerprint density at radius 2 is 1.74 bits per heavy atom. The van der Waals surface area contributed by atoms with Crippen molar-refractivity contribution in [3.63, 3.8) is 0 Å². The van der Waals surface area contributed by atoms with Gasteiger partial charge in [-0.1, -0.05) is 66.5 Å². The number of carbonyl (C=O) groups is 1. The molecule has 0 unspecified atom stereocenters. The van der Waals surface area contributed by atoms with Crippen molar-refractivity contribution in [2.24, 2.45) is 5.41 Å². The Morgan fingerprint density at radius 1 is 1.00 bits per heavy atom. The van der Waals surface area contributed by atoms with Gasteiger partial charge in [0, 0.05) is 29.7 Å². The largest absolute Gasteiger partial charge is 0.478 e. The summed E-state index contributed by atoms with van der Waals surface area (Å²) < 4.78 is 12.5. The number of fused-ring (bicyclic) bond motifs is 1. The zero-order valence-corrected chi connectivity index (χ0v) is 23.1. The molecule has 38 heavy (non-hydrogen) atoms. The third kappa shape index (κ3) is 5.68. The van der Waals surface area contributed by atoms with E-state index in [9.17, 15) is 14.3 Å². The molecule has 3 aromatic rings. The van der Waals surface area contributed by atoms with E-state index in [4.69, 9.17) is 23.2 Å². The Hall–Kier alpha value is -2.66. The van der Waals surface area contributed by atoms with Crippen LogP contribution in [-0.4, -0.2) is 42.3 Å². The third-order valence-corrected chi connectivity index (χ3v) is 8.29. The summed E-state index contributed by atoms with van der Waals surface area (Å²) in [5, 5.41) is 10.8. The van der Waals surface area contributed by atoms with Gasteiger partial charge in [0.15, 0.2) is 0 Å². The highest BCUT2D eigenvalue weighted by atomic mass is 35.5. The summed E-state index contributed by atoms with van der Waals surface area (Å²) in [6.07, 6.45) is 4.09. The topological polar surface area (TPSA) is 40.5 Å². The minimum atomic E-state index is -0.916. The van der Waals surface area contributed by atoms with E-state index < -0.39 is 5.97 Å². The number of aromatic carboxylic acids is 1. The zero-order chi connectivity index (χ0) is 26.9. The molecule has 3 nitrogen and oxygen atoms in total. The van der Waals surface area contributed by atoms with Gasteiger partial charge in [-0.25, -0.2) is 4.79 Å². The van der Waals surface area contributed by atoms with Gasteiger partial charge < -0.3 is 10.0 Å². The van der Waals surface area contributed by atoms with Crippen molar-refractivity contribution in [2.45, 2.75) is 39.0 Å². The maximum absolute atomic E-state index is 12.5. The van der Waals surface area contributed by atoms with Crippen molar-refractivity contribution >= 4 is 40.3 Å². The van der Waals surface area contributed by atoms with E-state index >= 15 is 0 Å². The van der Waals surface area contributed by atoms with Crippen LogP contribution in [-0.2, 0) is 12.8 Å². The van der Waals surface area contributed by atoms with Gasteiger partial charge in [0.1, 0.15) is 0 Å². The molecule has 5 rings (SSSR count). The highest BCUT2D eigenvalue weighted by Gasteiger charge is 2.38. The van der Waals surface area contributed by atoms with Crippen LogP contribution in [0.5, 0.6) is 0 Å². The second kappa shape index (κ2) is 11.2. The van der Waals surface area contributed by atoms with E-state index in [1.165, 1.54) is 5.56 Å². The number of halogens is 3. The van der Waals surface area contributed by atoms with Crippen LogP contribution >= 0.6 is 23.2 Å². The van der Waals surface area contributed by atoms with E-state index in [0.717, 1.165) is 78.7 Å². The molecule has 2 aliphatic rings. The van der Waals surface area contributed by atoms with E-state index in [1.54, 1.807) is 12.1 Å². The number of aryl methyl sites for hydroxylation is 1. The molecular weight excluding hydrogens is 520 g/mol. The second-order valence-corrected chi connectivity index (χ2v) is 11.8. The Kier molecular flexibility index (Phi) is 7.95. The lowest BCUT2D eigenvalue weighted by molar-refractivity contribution is 0.0142. The summed E-state index contributed by atoms with van der Waals surface area (Å²) in [5.41, 5.74) is 8.18. The first-order chi connectivity index (χ1) is 18.3. The lowest BCUT2D eigenvalue weighted by Gasteiger charge is -2.48. The van der Waals surface area contributed by atoms with Crippen LogP contribution < -0.4 is 0 Å². The Bertz CT molecular complexity index is 1380. The number of hydrogen-bond donors (Lipinski definition) is 1. The number of carboxylic acids is 1. The fraction of sp³-hybridized carbons (Fsp3) is 0.344. The summed E-state index contributed by atoms with van der Waals surface area (Å²) in [6, 6.07) is 19.8. The average molecular weight is 553 g/mol. The summed E-state index contributed by atoms with van der Waals surface area (Å²) in [7, 11) is 0. The second-order valence-electron chi connectivity index (χ2n) is 10.9. The van der Waals surface area contributed by atoms with Crippen molar-refractivity contribution in [3.05, 3.63) is 104 Å². The summed E-state index contributed by atoms with van der Waals surface area (Å²) in [5.74, 6) is -0.916. The molecule has 1 heterocycles. The quantitative estimate of drug-likeness (QED) is 0.306. The predicted octanol–water partition coefficient (Wildman–Crippen LogP) is 8.21. The van der Waals surface area contributed by atoms with Crippen molar-refractivity contribution in [1.82, 2.24) is 4.90 Å².